The van der Waals surface area contributed by atoms with Crippen LogP contribution in [0.3, 0.4) is 0 Å². The summed E-state index contributed by atoms with van der Waals surface area (Å²) in [4.78, 5) is 22.9. The Labute approximate surface area is 112 Å². The minimum Gasteiger partial charge on any atom is -0.466 e. The van der Waals surface area contributed by atoms with Gasteiger partial charge in [-0.15, -0.1) is 0 Å². The molecule has 0 radical (unpaired) electrons. The maximum Gasteiger partial charge on any atom is 0.305 e. The van der Waals surface area contributed by atoms with Crippen LogP contribution in [0.15, 0.2) is 18.2 Å². The molecule has 1 amide bonds. The van der Waals surface area contributed by atoms with E-state index in [1.165, 1.54) is 0 Å². The monoisotopic (exact) mass is 265 g/mol. The molecule has 0 aliphatic heterocycles. The number of hydrogen-bond acceptors (Lipinski definition) is 5. The number of hydrogen-bond donors (Lipinski definition) is 3. The third-order valence-corrected chi connectivity index (χ3v) is 2.39. The Hall–Kier alpha value is -2.24. The Bertz CT molecular complexity index is 440. The molecule has 0 aliphatic carbocycles. The van der Waals surface area contributed by atoms with E-state index in [0.717, 1.165) is 0 Å². The average Bonchev–Trinajstić information content (AvgIpc) is 2.33. The van der Waals surface area contributed by atoms with Crippen molar-refractivity contribution in [3.8, 4) is 0 Å². The number of carbonyl (C=O) groups is 2. The molecular weight excluding hydrogens is 246 g/mol. The van der Waals surface area contributed by atoms with E-state index in [9.17, 15) is 9.59 Å². The van der Waals surface area contributed by atoms with E-state index in [1.54, 1.807) is 25.1 Å². The molecule has 0 heterocycles. The van der Waals surface area contributed by atoms with E-state index in [-0.39, 0.29) is 18.3 Å². The van der Waals surface area contributed by atoms with Gasteiger partial charge in [-0.1, -0.05) is 0 Å². The van der Waals surface area contributed by atoms with Crippen molar-refractivity contribution in [2.45, 2.75) is 19.8 Å². The highest BCUT2D eigenvalue weighted by atomic mass is 16.5. The van der Waals surface area contributed by atoms with Crippen molar-refractivity contribution in [2.75, 3.05) is 24.6 Å². The van der Waals surface area contributed by atoms with Crippen LogP contribution < -0.4 is 16.8 Å². The Morgan fingerprint density at radius 2 is 1.84 bits per heavy atom. The maximum absolute atomic E-state index is 11.8. The lowest BCUT2D eigenvalue weighted by molar-refractivity contribution is -0.143. The van der Waals surface area contributed by atoms with Gasteiger partial charge >= 0.3 is 5.97 Å². The molecule has 0 fully saturated rings. The fraction of sp³-hybridized carbons (Fsp3) is 0.385. The fourth-order valence-electron chi connectivity index (χ4n) is 1.58. The molecular formula is C13H19N3O3. The van der Waals surface area contributed by atoms with E-state index >= 15 is 0 Å². The first-order valence-electron chi connectivity index (χ1n) is 6.12. The van der Waals surface area contributed by atoms with Crippen LogP contribution in [0.2, 0.25) is 0 Å². The van der Waals surface area contributed by atoms with Gasteiger partial charge < -0.3 is 21.5 Å². The van der Waals surface area contributed by atoms with Gasteiger partial charge in [0.2, 0.25) is 0 Å². The number of carbonyl (C=O) groups excluding carboxylic acids is 2. The summed E-state index contributed by atoms with van der Waals surface area (Å²) in [5.41, 5.74) is 12.5. The molecule has 1 aromatic rings. The van der Waals surface area contributed by atoms with Gasteiger partial charge in [0.05, 0.1) is 6.61 Å². The van der Waals surface area contributed by atoms with Gasteiger partial charge in [0.1, 0.15) is 0 Å². The molecule has 19 heavy (non-hydrogen) atoms. The first-order valence-corrected chi connectivity index (χ1v) is 6.12. The number of nitrogen functional groups attached to an aromatic ring is 2. The number of esters is 1. The molecule has 104 valence electrons. The first kappa shape index (κ1) is 14.8. The third kappa shape index (κ3) is 5.29. The second-order valence-electron chi connectivity index (χ2n) is 4.05. The number of rotatable bonds is 6. The second kappa shape index (κ2) is 7.25. The number of nitrogens with two attached hydrogens (primary N) is 2. The zero-order chi connectivity index (χ0) is 14.3. The van der Waals surface area contributed by atoms with Crippen molar-refractivity contribution < 1.29 is 14.3 Å². The van der Waals surface area contributed by atoms with Crippen molar-refractivity contribution in [1.82, 2.24) is 5.32 Å². The summed E-state index contributed by atoms with van der Waals surface area (Å²) >= 11 is 0. The maximum atomic E-state index is 11.8. The van der Waals surface area contributed by atoms with Crippen molar-refractivity contribution in [3.63, 3.8) is 0 Å². The average molecular weight is 265 g/mol. The Balaban J connectivity index is 2.37. The van der Waals surface area contributed by atoms with E-state index in [2.05, 4.69) is 5.32 Å². The Kier molecular flexibility index (Phi) is 5.66. The van der Waals surface area contributed by atoms with E-state index in [1.807, 2.05) is 0 Å². The normalized spacial score (nSPS) is 9.95. The summed E-state index contributed by atoms with van der Waals surface area (Å²) < 4.78 is 4.78. The topological polar surface area (TPSA) is 107 Å². The zero-order valence-electron chi connectivity index (χ0n) is 10.9. The largest absolute Gasteiger partial charge is 0.466 e. The Morgan fingerprint density at radius 3 is 2.42 bits per heavy atom. The zero-order valence-corrected chi connectivity index (χ0v) is 10.9. The van der Waals surface area contributed by atoms with E-state index in [0.29, 0.717) is 36.5 Å². The van der Waals surface area contributed by atoms with Gasteiger partial charge in [-0.05, 0) is 31.5 Å². The van der Waals surface area contributed by atoms with Gasteiger partial charge in [0.25, 0.3) is 5.91 Å². The van der Waals surface area contributed by atoms with Crippen LogP contribution in [0.4, 0.5) is 11.4 Å². The molecule has 0 aliphatic rings. The quantitative estimate of drug-likeness (QED) is 0.403. The Morgan fingerprint density at radius 1 is 1.21 bits per heavy atom. The molecule has 0 atom stereocenters. The smallest absolute Gasteiger partial charge is 0.305 e. The summed E-state index contributed by atoms with van der Waals surface area (Å²) in [6.07, 6.45) is 0.815. The summed E-state index contributed by atoms with van der Waals surface area (Å²) in [6.45, 7) is 2.52. The molecule has 0 bridgehead atoms. The number of anilines is 2. The minimum atomic E-state index is -0.261. The van der Waals surface area contributed by atoms with Gasteiger partial charge in [-0.3, -0.25) is 9.59 Å². The number of benzene rings is 1. The van der Waals surface area contributed by atoms with Crippen LogP contribution in [-0.4, -0.2) is 25.0 Å². The predicted molar refractivity (Wildman–Crippen MR) is 73.5 cm³/mol. The van der Waals surface area contributed by atoms with Crippen molar-refractivity contribution >= 4 is 23.3 Å². The van der Waals surface area contributed by atoms with Crippen molar-refractivity contribution in [1.29, 1.82) is 0 Å². The number of ether oxygens (including phenoxy) is 1. The molecule has 0 spiro atoms. The van der Waals surface area contributed by atoms with E-state index < -0.39 is 0 Å². The SMILES string of the molecule is CCOC(=O)CCCNC(=O)c1cc(N)cc(N)c1. The van der Waals surface area contributed by atoms with Gasteiger partial charge in [0, 0.05) is 29.9 Å². The molecule has 5 N–H and O–H groups in total. The highest BCUT2D eigenvalue weighted by Crippen LogP contribution is 2.13. The number of nitrogens with one attached hydrogen (secondary N) is 1. The standard InChI is InChI=1S/C13H19N3O3/c1-2-19-12(17)4-3-5-16-13(18)9-6-10(14)8-11(15)7-9/h6-8H,2-5,14-15H2,1H3,(H,16,18). The molecule has 6 nitrogen and oxygen atoms in total. The highest BCUT2D eigenvalue weighted by molar-refractivity contribution is 5.96. The summed E-state index contributed by atoms with van der Waals surface area (Å²) in [5.74, 6) is -0.521. The van der Waals surface area contributed by atoms with Crippen LogP contribution >= 0.6 is 0 Å². The minimum absolute atomic E-state index is 0.259. The predicted octanol–water partition coefficient (Wildman–Crippen LogP) is 0.924. The van der Waals surface area contributed by atoms with E-state index in [4.69, 9.17) is 16.2 Å². The lowest BCUT2D eigenvalue weighted by atomic mass is 10.1. The molecule has 0 saturated carbocycles. The second-order valence-corrected chi connectivity index (χ2v) is 4.05. The van der Waals surface area contributed by atoms with Gasteiger partial charge in [-0.25, -0.2) is 0 Å². The molecule has 0 saturated heterocycles. The van der Waals surface area contributed by atoms with Crippen molar-refractivity contribution in [2.24, 2.45) is 0 Å². The van der Waals surface area contributed by atoms with Gasteiger partial charge in [-0.2, -0.15) is 0 Å². The molecule has 1 rings (SSSR count). The lowest BCUT2D eigenvalue weighted by Crippen LogP contribution is -2.25. The summed E-state index contributed by atoms with van der Waals surface area (Å²) in [6, 6.07) is 4.69. The van der Waals surface area contributed by atoms with Crippen LogP contribution in [0.25, 0.3) is 0 Å². The van der Waals surface area contributed by atoms with Crippen LogP contribution in [0, 0.1) is 0 Å². The molecule has 6 heteroatoms. The molecule has 0 unspecified atom stereocenters. The highest BCUT2D eigenvalue weighted by Gasteiger charge is 2.07. The summed E-state index contributed by atoms with van der Waals surface area (Å²) in [5, 5.41) is 2.69. The third-order valence-electron chi connectivity index (χ3n) is 2.39. The van der Waals surface area contributed by atoms with Crippen LogP contribution in [-0.2, 0) is 9.53 Å². The first-order chi connectivity index (χ1) is 9.02. The summed E-state index contributed by atoms with van der Waals surface area (Å²) in [7, 11) is 0. The fourth-order valence-corrected chi connectivity index (χ4v) is 1.58. The van der Waals surface area contributed by atoms with Gasteiger partial charge in [0.15, 0.2) is 0 Å². The number of amides is 1. The molecule has 0 aromatic heterocycles. The van der Waals surface area contributed by atoms with Crippen molar-refractivity contribution in [3.05, 3.63) is 23.8 Å². The lowest BCUT2D eigenvalue weighted by Gasteiger charge is -2.07. The van der Waals surface area contributed by atoms with Crippen LogP contribution in [0.1, 0.15) is 30.1 Å². The molecule has 1 aromatic carbocycles. The van der Waals surface area contributed by atoms with Crippen LogP contribution in [0.5, 0.6) is 0 Å².